The van der Waals surface area contributed by atoms with Gasteiger partial charge in [0, 0.05) is 0 Å². The summed E-state index contributed by atoms with van der Waals surface area (Å²) in [5, 5.41) is 1.48. The van der Waals surface area contributed by atoms with Crippen LogP contribution in [0.2, 0.25) is 10.6 Å². The molecule has 2 rings (SSSR count). The molecule has 0 radical (unpaired) electrons. The summed E-state index contributed by atoms with van der Waals surface area (Å²) in [6, 6.07) is 0. The molecule has 0 aliphatic carbocycles. The van der Waals surface area contributed by atoms with E-state index in [0.29, 0.717) is 0 Å². The highest BCUT2D eigenvalue weighted by molar-refractivity contribution is 6.44. The maximum absolute atomic E-state index is 2.50. The molecule has 0 aromatic rings. The van der Waals surface area contributed by atoms with E-state index in [2.05, 4.69) is 13.8 Å². The zero-order chi connectivity index (χ0) is 7.95. The third-order valence-electron chi connectivity index (χ3n) is 3.97. The van der Waals surface area contributed by atoms with Gasteiger partial charge in [-0.15, -0.1) is 0 Å². The minimum atomic E-state index is 0.741. The quantitative estimate of drug-likeness (QED) is 0.465. The molecule has 0 nitrogen and oxygen atoms in total. The molecule has 2 fully saturated rings. The minimum Gasteiger partial charge on any atom is -0.0665 e. The average Bonchev–Trinajstić information content (AvgIpc) is 1.83. The van der Waals surface area contributed by atoms with Crippen LogP contribution in [0.3, 0.4) is 0 Å². The third kappa shape index (κ3) is 1.34. The van der Waals surface area contributed by atoms with E-state index in [-0.39, 0.29) is 0 Å². The molecule has 0 unspecified atom stereocenters. The van der Waals surface area contributed by atoms with Crippen molar-refractivity contribution in [2.24, 2.45) is 0 Å². The molecular weight excluding hydrogens is 131 g/mol. The Morgan fingerprint density at radius 1 is 0.818 bits per heavy atom. The van der Waals surface area contributed by atoms with Crippen molar-refractivity contribution >= 4 is 7.28 Å². The summed E-state index contributed by atoms with van der Waals surface area (Å²) in [6.07, 6.45) is 9.00. The Bertz CT molecular complexity index is 136. The van der Waals surface area contributed by atoms with Gasteiger partial charge in [0.2, 0.25) is 0 Å². The predicted molar refractivity (Wildman–Crippen MR) is 51.6 cm³/mol. The first-order valence-corrected chi connectivity index (χ1v) is 5.12. The van der Waals surface area contributed by atoms with E-state index in [1.807, 2.05) is 0 Å². The Balaban J connectivity index is 2.16. The van der Waals surface area contributed by atoms with Gasteiger partial charge in [0.05, 0.1) is 0 Å². The van der Waals surface area contributed by atoms with Gasteiger partial charge in [0.15, 0.2) is 0 Å². The van der Waals surface area contributed by atoms with Crippen LogP contribution in [-0.4, -0.2) is 7.28 Å². The van der Waals surface area contributed by atoms with Gasteiger partial charge in [0.25, 0.3) is 0 Å². The Morgan fingerprint density at radius 2 is 1.18 bits per heavy atom. The largest absolute Gasteiger partial charge is 0.134 e. The standard InChI is InChI=1S/C10H19B/c1-9-5-3-7-10(2,11-9)8-4-6-9/h11H,3-8H2,1-2H3. The maximum atomic E-state index is 2.50. The molecule has 0 atom stereocenters. The fourth-order valence-electron chi connectivity index (χ4n) is 3.52. The lowest BCUT2D eigenvalue weighted by Crippen LogP contribution is -2.36. The zero-order valence-corrected chi connectivity index (χ0v) is 7.95. The second kappa shape index (κ2) is 2.28. The summed E-state index contributed by atoms with van der Waals surface area (Å²) in [5.74, 6) is 0. The van der Waals surface area contributed by atoms with Crippen molar-refractivity contribution in [2.75, 3.05) is 0 Å². The topological polar surface area (TPSA) is 0 Å². The number of hydrogen-bond acceptors (Lipinski definition) is 0. The predicted octanol–water partition coefficient (Wildman–Crippen LogP) is 3.15. The van der Waals surface area contributed by atoms with Crippen LogP contribution >= 0.6 is 0 Å². The molecule has 0 saturated carbocycles. The van der Waals surface area contributed by atoms with E-state index in [1.165, 1.54) is 45.8 Å². The Morgan fingerprint density at radius 3 is 1.45 bits per heavy atom. The van der Waals surface area contributed by atoms with Crippen molar-refractivity contribution < 1.29 is 0 Å². The second-order valence-electron chi connectivity index (χ2n) is 5.51. The van der Waals surface area contributed by atoms with Crippen LogP contribution in [0, 0.1) is 0 Å². The summed E-state index contributed by atoms with van der Waals surface area (Å²) in [5.41, 5.74) is 0. The van der Waals surface area contributed by atoms with Gasteiger partial charge in [-0.3, -0.25) is 0 Å². The molecular formula is C10H19B. The van der Waals surface area contributed by atoms with E-state index < -0.39 is 0 Å². The molecule has 2 saturated heterocycles. The van der Waals surface area contributed by atoms with Crippen LogP contribution in [-0.2, 0) is 0 Å². The molecule has 62 valence electrons. The normalized spacial score (nSPS) is 50.0. The van der Waals surface area contributed by atoms with E-state index >= 15 is 0 Å². The molecule has 11 heavy (non-hydrogen) atoms. The van der Waals surface area contributed by atoms with Crippen molar-refractivity contribution in [3.63, 3.8) is 0 Å². The van der Waals surface area contributed by atoms with E-state index in [4.69, 9.17) is 0 Å². The van der Waals surface area contributed by atoms with Gasteiger partial charge in [-0.05, 0) is 0 Å². The molecule has 2 aliphatic rings. The van der Waals surface area contributed by atoms with Crippen LogP contribution in [0.5, 0.6) is 0 Å². The number of rotatable bonds is 0. The van der Waals surface area contributed by atoms with Gasteiger partial charge < -0.3 is 0 Å². The Labute approximate surface area is 71.0 Å². The second-order valence-corrected chi connectivity index (χ2v) is 5.51. The smallest absolute Gasteiger partial charge is 0.0665 e. The summed E-state index contributed by atoms with van der Waals surface area (Å²) in [6.45, 7) is 5.01. The first-order valence-electron chi connectivity index (χ1n) is 5.12. The van der Waals surface area contributed by atoms with Crippen molar-refractivity contribution in [2.45, 2.75) is 63.0 Å². The fourth-order valence-corrected chi connectivity index (χ4v) is 3.52. The SMILES string of the molecule is CC12BC(C)(CCC1)CCC2. The van der Waals surface area contributed by atoms with Crippen molar-refractivity contribution in [3.05, 3.63) is 0 Å². The zero-order valence-electron chi connectivity index (χ0n) is 7.95. The lowest BCUT2D eigenvalue weighted by atomic mass is 9.30. The monoisotopic (exact) mass is 150 g/mol. The molecule has 0 N–H and O–H groups in total. The first-order chi connectivity index (χ1) is 5.12. The Kier molecular flexibility index (Phi) is 1.59. The molecule has 0 aromatic heterocycles. The maximum Gasteiger partial charge on any atom is 0.134 e. The summed E-state index contributed by atoms with van der Waals surface area (Å²) < 4.78 is 0. The molecule has 2 bridgehead atoms. The first kappa shape index (κ1) is 7.70. The molecule has 0 amide bonds. The van der Waals surface area contributed by atoms with Crippen LogP contribution < -0.4 is 0 Å². The lowest BCUT2D eigenvalue weighted by Gasteiger charge is -2.48. The van der Waals surface area contributed by atoms with Gasteiger partial charge in [-0.1, -0.05) is 63.0 Å². The van der Waals surface area contributed by atoms with Crippen molar-refractivity contribution in [1.82, 2.24) is 0 Å². The molecule has 2 heterocycles. The van der Waals surface area contributed by atoms with Crippen LogP contribution in [0.1, 0.15) is 52.4 Å². The van der Waals surface area contributed by atoms with E-state index in [1.54, 1.807) is 0 Å². The highest BCUT2D eigenvalue weighted by Crippen LogP contribution is 2.57. The highest BCUT2D eigenvalue weighted by Gasteiger charge is 2.43. The number of fused-ring (bicyclic) bond motifs is 2. The van der Waals surface area contributed by atoms with E-state index in [0.717, 1.165) is 10.6 Å². The van der Waals surface area contributed by atoms with Crippen LogP contribution in [0.4, 0.5) is 0 Å². The fraction of sp³-hybridized carbons (Fsp3) is 1.00. The van der Waals surface area contributed by atoms with Gasteiger partial charge in [0.1, 0.15) is 7.28 Å². The molecule has 0 spiro atoms. The summed E-state index contributed by atoms with van der Waals surface area (Å²) in [4.78, 5) is 0. The van der Waals surface area contributed by atoms with Crippen molar-refractivity contribution in [1.29, 1.82) is 0 Å². The summed E-state index contributed by atoms with van der Waals surface area (Å²) in [7, 11) is 1.51. The summed E-state index contributed by atoms with van der Waals surface area (Å²) >= 11 is 0. The Hall–Kier alpha value is 0.0649. The third-order valence-corrected chi connectivity index (χ3v) is 3.97. The van der Waals surface area contributed by atoms with Gasteiger partial charge >= 0.3 is 0 Å². The average molecular weight is 150 g/mol. The van der Waals surface area contributed by atoms with Crippen molar-refractivity contribution in [3.8, 4) is 0 Å². The highest BCUT2D eigenvalue weighted by atomic mass is 14.4. The lowest BCUT2D eigenvalue weighted by molar-refractivity contribution is 0.311. The van der Waals surface area contributed by atoms with Gasteiger partial charge in [-0.25, -0.2) is 0 Å². The molecule has 0 aromatic carbocycles. The molecule has 1 heteroatoms. The number of hydrogen-bond donors (Lipinski definition) is 0. The van der Waals surface area contributed by atoms with Gasteiger partial charge in [-0.2, -0.15) is 0 Å². The molecule has 2 aliphatic heterocycles. The van der Waals surface area contributed by atoms with E-state index in [9.17, 15) is 0 Å². The van der Waals surface area contributed by atoms with Crippen LogP contribution in [0.15, 0.2) is 0 Å². The minimum absolute atomic E-state index is 0.741. The van der Waals surface area contributed by atoms with Crippen LogP contribution in [0.25, 0.3) is 0 Å².